The molecule has 0 heterocycles. The van der Waals surface area contributed by atoms with Crippen LogP contribution in [0.4, 0.5) is 8.78 Å². The third-order valence-electron chi connectivity index (χ3n) is 1.97. The summed E-state index contributed by atoms with van der Waals surface area (Å²) in [5.74, 6) is -0.694. The molecule has 0 atom stereocenters. The highest BCUT2D eigenvalue weighted by Crippen LogP contribution is 2.04. The van der Waals surface area contributed by atoms with Gasteiger partial charge in [0, 0.05) is 11.1 Å². The van der Waals surface area contributed by atoms with E-state index in [0.29, 0.717) is 5.56 Å². The van der Waals surface area contributed by atoms with E-state index in [1.54, 1.807) is 0 Å². The van der Waals surface area contributed by atoms with Gasteiger partial charge in [0.25, 0.3) is 12.3 Å². The van der Waals surface area contributed by atoms with E-state index in [0.717, 1.165) is 0 Å². The molecule has 17 heavy (non-hydrogen) atoms. The number of hydrogen-bond donors (Lipinski definition) is 3. The summed E-state index contributed by atoms with van der Waals surface area (Å²) >= 11 is 0. The van der Waals surface area contributed by atoms with E-state index in [1.807, 2.05) is 0 Å². The van der Waals surface area contributed by atoms with E-state index in [-0.39, 0.29) is 11.4 Å². The van der Waals surface area contributed by atoms with Crippen molar-refractivity contribution in [2.24, 2.45) is 10.9 Å². The second-order valence-electron chi connectivity index (χ2n) is 3.16. The quantitative estimate of drug-likeness (QED) is 0.316. The van der Waals surface area contributed by atoms with Gasteiger partial charge in [-0.15, -0.1) is 0 Å². The Morgan fingerprint density at radius 2 is 1.88 bits per heavy atom. The number of halogens is 2. The first kappa shape index (κ1) is 12.9. The van der Waals surface area contributed by atoms with Crippen molar-refractivity contribution in [3.8, 4) is 0 Å². The molecule has 0 aromatic heterocycles. The number of amides is 1. The lowest BCUT2D eigenvalue weighted by Gasteiger charge is -2.05. The van der Waals surface area contributed by atoms with E-state index < -0.39 is 18.9 Å². The average Bonchev–Trinajstić information content (AvgIpc) is 2.35. The fourth-order valence-electron chi connectivity index (χ4n) is 1.12. The summed E-state index contributed by atoms with van der Waals surface area (Å²) in [6.07, 6.45) is -2.59. The van der Waals surface area contributed by atoms with Gasteiger partial charge in [0.2, 0.25) is 0 Å². The van der Waals surface area contributed by atoms with Gasteiger partial charge in [-0.05, 0) is 12.1 Å². The highest BCUT2D eigenvalue weighted by Gasteiger charge is 2.09. The molecule has 0 spiro atoms. The highest BCUT2D eigenvalue weighted by molar-refractivity contribution is 5.99. The predicted octanol–water partition coefficient (Wildman–Crippen LogP) is 0.776. The van der Waals surface area contributed by atoms with Crippen LogP contribution in [0, 0.1) is 0 Å². The Balaban J connectivity index is 2.71. The zero-order valence-corrected chi connectivity index (χ0v) is 8.73. The van der Waals surface area contributed by atoms with Crippen LogP contribution in [0.5, 0.6) is 0 Å². The van der Waals surface area contributed by atoms with Gasteiger partial charge in [0.15, 0.2) is 5.84 Å². The summed E-state index contributed by atoms with van der Waals surface area (Å²) in [6, 6.07) is 5.70. The third kappa shape index (κ3) is 3.71. The number of oxime groups is 1. The minimum Gasteiger partial charge on any atom is -0.409 e. The zero-order chi connectivity index (χ0) is 12.8. The lowest BCUT2D eigenvalue weighted by Crippen LogP contribution is -2.28. The van der Waals surface area contributed by atoms with Crippen LogP contribution in [0.1, 0.15) is 15.9 Å². The Bertz CT molecular complexity index is 418. The number of rotatable bonds is 4. The van der Waals surface area contributed by atoms with Gasteiger partial charge in [0.1, 0.15) is 0 Å². The van der Waals surface area contributed by atoms with Crippen LogP contribution in [0.15, 0.2) is 29.4 Å². The largest absolute Gasteiger partial charge is 0.409 e. The van der Waals surface area contributed by atoms with Gasteiger partial charge in [0.05, 0.1) is 6.54 Å². The van der Waals surface area contributed by atoms with Gasteiger partial charge >= 0.3 is 0 Å². The molecule has 0 aliphatic heterocycles. The summed E-state index contributed by atoms with van der Waals surface area (Å²) in [5.41, 5.74) is 5.97. The van der Waals surface area contributed by atoms with Crippen molar-refractivity contribution >= 4 is 11.7 Å². The molecule has 1 aromatic carbocycles. The number of alkyl halides is 2. The first-order valence-corrected chi connectivity index (χ1v) is 4.69. The first-order valence-electron chi connectivity index (χ1n) is 4.69. The molecule has 0 unspecified atom stereocenters. The lowest BCUT2D eigenvalue weighted by atomic mass is 10.1. The summed E-state index contributed by atoms with van der Waals surface area (Å²) in [5, 5.41) is 13.3. The monoisotopic (exact) mass is 243 g/mol. The van der Waals surface area contributed by atoms with Gasteiger partial charge in [-0.25, -0.2) is 8.78 Å². The van der Waals surface area contributed by atoms with E-state index in [9.17, 15) is 13.6 Å². The van der Waals surface area contributed by atoms with Crippen molar-refractivity contribution in [1.29, 1.82) is 0 Å². The smallest absolute Gasteiger partial charge is 0.255 e. The minimum absolute atomic E-state index is 0.0930. The third-order valence-corrected chi connectivity index (χ3v) is 1.97. The van der Waals surface area contributed by atoms with Crippen LogP contribution < -0.4 is 11.1 Å². The lowest BCUT2D eigenvalue weighted by molar-refractivity contribution is 0.0891. The molecule has 7 heteroatoms. The highest BCUT2D eigenvalue weighted by atomic mass is 19.3. The SMILES string of the molecule is N/C(=N/O)c1ccc(C(=O)NCC(F)F)cc1. The van der Waals surface area contributed by atoms with Gasteiger partial charge in [-0.1, -0.05) is 17.3 Å². The van der Waals surface area contributed by atoms with Crippen molar-refractivity contribution in [2.75, 3.05) is 6.54 Å². The van der Waals surface area contributed by atoms with Crippen molar-refractivity contribution < 1.29 is 18.8 Å². The number of nitrogens with two attached hydrogens (primary N) is 1. The molecule has 4 N–H and O–H groups in total. The van der Waals surface area contributed by atoms with Gasteiger partial charge in [-0.3, -0.25) is 4.79 Å². The van der Waals surface area contributed by atoms with Crippen LogP contribution >= 0.6 is 0 Å². The molecule has 0 fully saturated rings. The maximum absolute atomic E-state index is 11.9. The zero-order valence-electron chi connectivity index (χ0n) is 8.73. The Hall–Kier alpha value is -2.18. The van der Waals surface area contributed by atoms with E-state index in [4.69, 9.17) is 10.9 Å². The molecule has 0 aliphatic rings. The molecule has 1 aromatic rings. The fraction of sp³-hybridized carbons (Fsp3) is 0.200. The molecule has 0 saturated heterocycles. The number of benzene rings is 1. The summed E-state index contributed by atoms with van der Waals surface area (Å²) in [7, 11) is 0. The number of carbonyl (C=O) groups excluding carboxylic acids is 1. The molecule has 1 amide bonds. The maximum Gasteiger partial charge on any atom is 0.255 e. The second kappa shape index (κ2) is 5.78. The number of carbonyl (C=O) groups is 1. The molecule has 0 aliphatic carbocycles. The standard InChI is InChI=1S/C10H11F2N3O2/c11-8(12)5-14-10(16)7-3-1-6(2-4-7)9(13)15-17/h1-4,8,17H,5H2,(H2,13,15)(H,14,16). The maximum atomic E-state index is 11.9. The molecule has 5 nitrogen and oxygen atoms in total. The fourth-order valence-corrected chi connectivity index (χ4v) is 1.12. The van der Waals surface area contributed by atoms with Crippen LogP contribution in [-0.2, 0) is 0 Å². The number of nitrogens with one attached hydrogen (secondary N) is 1. The Kier molecular flexibility index (Phi) is 4.38. The molecule has 0 radical (unpaired) electrons. The Morgan fingerprint density at radius 1 is 1.35 bits per heavy atom. The minimum atomic E-state index is -2.59. The van der Waals surface area contributed by atoms with Crippen LogP contribution in [0.2, 0.25) is 0 Å². The topological polar surface area (TPSA) is 87.7 Å². The van der Waals surface area contributed by atoms with E-state index >= 15 is 0 Å². The van der Waals surface area contributed by atoms with E-state index in [2.05, 4.69) is 10.5 Å². The molecular weight excluding hydrogens is 232 g/mol. The summed E-state index contributed by atoms with van der Waals surface area (Å²) in [6.45, 7) is -0.694. The van der Waals surface area contributed by atoms with Crippen molar-refractivity contribution in [1.82, 2.24) is 5.32 Å². The molecule has 0 saturated carbocycles. The first-order chi connectivity index (χ1) is 8.04. The number of nitrogens with zero attached hydrogens (tertiary/aromatic N) is 1. The summed E-state index contributed by atoms with van der Waals surface area (Å²) in [4.78, 5) is 11.3. The number of amidine groups is 1. The van der Waals surface area contributed by atoms with Gasteiger partial charge < -0.3 is 16.3 Å². The van der Waals surface area contributed by atoms with Gasteiger partial charge in [-0.2, -0.15) is 0 Å². The molecule has 0 bridgehead atoms. The van der Waals surface area contributed by atoms with E-state index in [1.165, 1.54) is 24.3 Å². The predicted molar refractivity (Wildman–Crippen MR) is 57.3 cm³/mol. The van der Waals surface area contributed by atoms with Crippen LogP contribution in [0.3, 0.4) is 0 Å². The normalized spacial score (nSPS) is 11.6. The Labute approximate surface area is 95.9 Å². The molecular formula is C10H11F2N3O2. The second-order valence-corrected chi connectivity index (χ2v) is 3.16. The van der Waals surface area contributed by atoms with Crippen LogP contribution in [0.25, 0.3) is 0 Å². The summed E-state index contributed by atoms with van der Waals surface area (Å²) < 4.78 is 23.7. The molecule has 92 valence electrons. The average molecular weight is 243 g/mol. The van der Waals surface area contributed by atoms with Crippen molar-refractivity contribution in [3.63, 3.8) is 0 Å². The van der Waals surface area contributed by atoms with Crippen molar-refractivity contribution in [2.45, 2.75) is 6.43 Å². The molecule has 1 rings (SSSR count). The van der Waals surface area contributed by atoms with Crippen LogP contribution in [-0.4, -0.2) is 29.9 Å². The van der Waals surface area contributed by atoms with Crippen molar-refractivity contribution in [3.05, 3.63) is 35.4 Å². The number of hydrogen-bond acceptors (Lipinski definition) is 3. The Morgan fingerprint density at radius 3 is 2.35 bits per heavy atom.